The lowest BCUT2D eigenvalue weighted by atomic mass is 10.2. The van der Waals surface area contributed by atoms with Crippen molar-refractivity contribution in [2.45, 2.75) is 25.9 Å². The second-order valence-corrected chi connectivity index (χ2v) is 5.81. The average Bonchev–Trinajstić information content (AvgIpc) is 2.91. The Morgan fingerprint density at radius 3 is 2.69 bits per heavy atom. The summed E-state index contributed by atoms with van der Waals surface area (Å²) < 4.78 is 40.3. The molecule has 8 heteroatoms. The summed E-state index contributed by atoms with van der Waals surface area (Å²) in [6, 6.07) is 8.10. The molecule has 2 heterocycles. The minimum Gasteiger partial charge on any atom is -0.508 e. The van der Waals surface area contributed by atoms with Gasteiger partial charge in [0.2, 0.25) is 0 Å². The van der Waals surface area contributed by atoms with Gasteiger partial charge in [0.25, 0.3) is 5.91 Å². The van der Waals surface area contributed by atoms with E-state index in [0.29, 0.717) is 24.2 Å². The van der Waals surface area contributed by atoms with Gasteiger partial charge in [-0.3, -0.25) is 9.20 Å². The molecule has 0 bridgehead atoms. The first-order valence-corrected chi connectivity index (χ1v) is 7.98. The molecule has 0 aliphatic rings. The van der Waals surface area contributed by atoms with Crippen LogP contribution in [0.5, 0.6) is 5.75 Å². The Bertz CT molecular complexity index is 964. The maximum atomic E-state index is 13.0. The molecule has 0 aliphatic heterocycles. The van der Waals surface area contributed by atoms with E-state index in [-0.39, 0.29) is 17.1 Å². The van der Waals surface area contributed by atoms with E-state index in [1.54, 1.807) is 12.1 Å². The fourth-order valence-electron chi connectivity index (χ4n) is 2.69. The first-order chi connectivity index (χ1) is 12.3. The third-order valence-corrected chi connectivity index (χ3v) is 3.82. The summed E-state index contributed by atoms with van der Waals surface area (Å²) in [6.45, 7) is 1.89. The van der Waals surface area contributed by atoms with Gasteiger partial charge >= 0.3 is 6.18 Å². The van der Waals surface area contributed by atoms with Crippen molar-refractivity contribution in [2.24, 2.45) is 0 Å². The molecule has 2 aromatic heterocycles. The number of hydrogen-bond donors (Lipinski definition) is 2. The highest BCUT2D eigenvalue weighted by molar-refractivity contribution is 6.04. The number of aromatic nitrogens is 2. The number of alkyl halides is 3. The molecule has 1 aromatic carbocycles. The summed E-state index contributed by atoms with van der Waals surface area (Å²) in [4.78, 5) is 17.0. The Labute approximate surface area is 147 Å². The number of pyridine rings is 1. The normalized spacial score (nSPS) is 11.7. The lowest BCUT2D eigenvalue weighted by Crippen LogP contribution is -2.17. The van der Waals surface area contributed by atoms with Crippen LogP contribution in [0.2, 0.25) is 0 Å². The molecule has 0 aliphatic carbocycles. The van der Waals surface area contributed by atoms with Crippen LogP contribution < -0.4 is 5.32 Å². The monoisotopic (exact) mass is 363 g/mol. The first-order valence-electron chi connectivity index (χ1n) is 7.98. The summed E-state index contributed by atoms with van der Waals surface area (Å²) in [5.74, 6) is -0.625. The minimum absolute atomic E-state index is 0.0333. The summed E-state index contributed by atoms with van der Waals surface area (Å²) in [5, 5.41) is 12.1. The van der Waals surface area contributed by atoms with Crippen molar-refractivity contribution in [3.8, 4) is 5.75 Å². The van der Waals surface area contributed by atoms with Gasteiger partial charge in [0.15, 0.2) is 0 Å². The van der Waals surface area contributed by atoms with Gasteiger partial charge in [-0.2, -0.15) is 13.2 Å². The number of rotatable bonds is 4. The number of carbonyl (C=O) groups excluding carboxylic acids is 1. The zero-order valence-corrected chi connectivity index (χ0v) is 13.8. The largest absolute Gasteiger partial charge is 0.508 e. The second kappa shape index (κ2) is 6.70. The standard InChI is InChI=1S/C18H16F3N3O2/c1-2-4-14-16(17(26)22-12-5-3-6-13(25)9-12)24-10-11(18(19,20)21)7-8-15(24)23-14/h3,5-10,25H,2,4H2,1H3,(H,22,26). The number of fused-ring (bicyclic) bond motifs is 1. The van der Waals surface area contributed by atoms with Crippen molar-refractivity contribution in [2.75, 3.05) is 5.32 Å². The quantitative estimate of drug-likeness (QED) is 0.728. The smallest absolute Gasteiger partial charge is 0.417 e. The summed E-state index contributed by atoms with van der Waals surface area (Å²) >= 11 is 0. The number of hydrogen-bond acceptors (Lipinski definition) is 3. The highest BCUT2D eigenvalue weighted by atomic mass is 19.4. The maximum absolute atomic E-state index is 13.0. The van der Waals surface area contributed by atoms with Gasteiger partial charge in [-0.15, -0.1) is 0 Å². The van der Waals surface area contributed by atoms with E-state index >= 15 is 0 Å². The van der Waals surface area contributed by atoms with Gasteiger partial charge in [-0.05, 0) is 30.7 Å². The molecule has 0 saturated carbocycles. The number of amides is 1. The van der Waals surface area contributed by atoms with E-state index in [1.807, 2.05) is 6.92 Å². The lowest BCUT2D eigenvalue weighted by molar-refractivity contribution is -0.137. The molecule has 0 atom stereocenters. The minimum atomic E-state index is -4.53. The van der Waals surface area contributed by atoms with Crippen molar-refractivity contribution in [1.82, 2.24) is 9.38 Å². The molecule has 0 saturated heterocycles. The van der Waals surface area contributed by atoms with Gasteiger partial charge in [-0.25, -0.2) is 4.98 Å². The van der Waals surface area contributed by atoms with E-state index in [1.165, 1.54) is 18.2 Å². The number of aryl methyl sites for hydroxylation is 1. The summed E-state index contributed by atoms with van der Waals surface area (Å²) in [7, 11) is 0. The zero-order valence-electron chi connectivity index (χ0n) is 13.8. The molecular weight excluding hydrogens is 347 g/mol. The molecule has 1 amide bonds. The summed E-state index contributed by atoms with van der Waals surface area (Å²) in [6.07, 6.45) is -2.52. The molecule has 3 aromatic rings. The Morgan fingerprint density at radius 1 is 1.27 bits per heavy atom. The third-order valence-electron chi connectivity index (χ3n) is 3.82. The van der Waals surface area contributed by atoms with Crippen LogP contribution in [0.15, 0.2) is 42.6 Å². The predicted octanol–water partition coefficient (Wildman–Crippen LogP) is 4.26. The molecule has 0 spiro atoms. The SMILES string of the molecule is CCCc1nc2ccc(C(F)(F)F)cn2c1C(=O)Nc1cccc(O)c1. The Balaban J connectivity index is 2.08. The summed E-state index contributed by atoms with van der Waals surface area (Å²) in [5.41, 5.74) is 0.208. The molecule has 0 fully saturated rings. The van der Waals surface area contributed by atoms with Crippen molar-refractivity contribution in [1.29, 1.82) is 0 Å². The molecule has 0 radical (unpaired) electrons. The van der Waals surface area contributed by atoms with E-state index in [2.05, 4.69) is 10.3 Å². The number of benzene rings is 1. The van der Waals surface area contributed by atoms with Crippen LogP contribution in [0.3, 0.4) is 0 Å². The molecular formula is C18H16F3N3O2. The Morgan fingerprint density at radius 2 is 2.04 bits per heavy atom. The number of phenols is 1. The maximum Gasteiger partial charge on any atom is 0.417 e. The van der Waals surface area contributed by atoms with Crippen LogP contribution in [0.25, 0.3) is 5.65 Å². The van der Waals surface area contributed by atoms with Crippen molar-refractivity contribution >= 4 is 17.2 Å². The second-order valence-electron chi connectivity index (χ2n) is 5.81. The third kappa shape index (κ3) is 3.49. The molecule has 26 heavy (non-hydrogen) atoms. The van der Waals surface area contributed by atoms with Crippen LogP contribution in [-0.4, -0.2) is 20.4 Å². The zero-order chi connectivity index (χ0) is 18.9. The number of halogens is 3. The number of anilines is 1. The van der Waals surface area contributed by atoms with Crippen molar-refractivity contribution < 1.29 is 23.1 Å². The fourth-order valence-corrected chi connectivity index (χ4v) is 2.69. The molecule has 2 N–H and O–H groups in total. The number of aromatic hydroxyl groups is 1. The van der Waals surface area contributed by atoms with Gasteiger partial charge in [0.05, 0.1) is 11.3 Å². The first kappa shape index (κ1) is 17.8. The topological polar surface area (TPSA) is 66.6 Å². The molecule has 0 unspecified atom stereocenters. The van der Waals surface area contributed by atoms with Gasteiger partial charge in [-0.1, -0.05) is 19.4 Å². The number of imidazole rings is 1. The average molecular weight is 363 g/mol. The molecule has 136 valence electrons. The van der Waals surface area contributed by atoms with Crippen LogP contribution in [0.1, 0.15) is 35.1 Å². The van der Waals surface area contributed by atoms with Crippen molar-refractivity contribution in [3.05, 3.63) is 59.5 Å². The lowest BCUT2D eigenvalue weighted by Gasteiger charge is -2.10. The highest BCUT2D eigenvalue weighted by Gasteiger charge is 2.32. The van der Waals surface area contributed by atoms with Gasteiger partial charge in [0.1, 0.15) is 17.1 Å². The van der Waals surface area contributed by atoms with Crippen LogP contribution in [0.4, 0.5) is 18.9 Å². The van der Waals surface area contributed by atoms with E-state index in [4.69, 9.17) is 0 Å². The van der Waals surface area contributed by atoms with Gasteiger partial charge in [0, 0.05) is 18.0 Å². The van der Waals surface area contributed by atoms with Crippen LogP contribution >= 0.6 is 0 Å². The van der Waals surface area contributed by atoms with E-state index in [9.17, 15) is 23.1 Å². The van der Waals surface area contributed by atoms with Crippen LogP contribution in [-0.2, 0) is 12.6 Å². The number of phenolic OH excluding ortho intramolecular Hbond substituents is 1. The van der Waals surface area contributed by atoms with E-state index in [0.717, 1.165) is 16.7 Å². The van der Waals surface area contributed by atoms with Crippen molar-refractivity contribution in [3.63, 3.8) is 0 Å². The predicted molar refractivity (Wildman–Crippen MR) is 90.2 cm³/mol. The number of carbonyl (C=O) groups is 1. The van der Waals surface area contributed by atoms with Gasteiger partial charge < -0.3 is 10.4 Å². The molecule has 5 nitrogen and oxygen atoms in total. The fraction of sp³-hybridized carbons (Fsp3) is 0.222. The van der Waals surface area contributed by atoms with Crippen LogP contribution in [0, 0.1) is 0 Å². The Hall–Kier alpha value is -3.03. The molecule has 3 rings (SSSR count). The number of nitrogens with zero attached hydrogens (tertiary/aromatic N) is 2. The van der Waals surface area contributed by atoms with E-state index < -0.39 is 17.6 Å². The number of nitrogens with one attached hydrogen (secondary N) is 1. The highest BCUT2D eigenvalue weighted by Crippen LogP contribution is 2.30. The Kier molecular flexibility index (Phi) is 4.58.